The maximum absolute atomic E-state index is 12.7. The number of rotatable bonds is 4. The van der Waals surface area contributed by atoms with Gasteiger partial charge in [-0.1, -0.05) is 11.6 Å². The Morgan fingerprint density at radius 3 is 2.73 bits per heavy atom. The third-order valence-electron chi connectivity index (χ3n) is 4.84. The molecule has 0 fully saturated rings. The molecule has 2 amide bonds. The Morgan fingerprint density at radius 2 is 2.03 bits per heavy atom. The molecular weight excluding hydrogens is 422 g/mol. The van der Waals surface area contributed by atoms with Crippen molar-refractivity contribution in [3.8, 4) is 17.0 Å². The number of fused-ring (bicyclic) bond motifs is 1. The number of ether oxygens (including phenoxy) is 1. The Kier molecular flexibility index (Phi) is 5.49. The van der Waals surface area contributed by atoms with Crippen LogP contribution in [-0.4, -0.2) is 29.9 Å². The van der Waals surface area contributed by atoms with E-state index >= 15 is 0 Å². The molecule has 0 aliphatic carbocycles. The monoisotopic (exact) mass is 441 g/mol. The molecule has 1 N–H and O–H groups in total. The summed E-state index contributed by atoms with van der Waals surface area (Å²) in [5.41, 5.74) is 3.83. The molecule has 0 atom stereocenters. The van der Waals surface area contributed by atoms with Gasteiger partial charge in [0, 0.05) is 21.2 Å². The number of benzene rings is 2. The van der Waals surface area contributed by atoms with E-state index < -0.39 is 0 Å². The predicted octanol–water partition coefficient (Wildman–Crippen LogP) is 4.75. The van der Waals surface area contributed by atoms with Crippen molar-refractivity contribution in [3.63, 3.8) is 0 Å². The van der Waals surface area contributed by atoms with E-state index in [-0.39, 0.29) is 25.0 Å². The molecule has 2 aromatic carbocycles. The van der Waals surface area contributed by atoms with Crippen LogP contribution in [-0.2, 0) is 9.59 Å². The van der Waals surface area contributed by atoms with E-state index in [4.69, 9.17) is 16.3 Å². The molecular formula is C22H20ClN3O3S. The fraction of sp³-hybridized carbons (Fsp3) is 0.227. The predicted molar refractivity (Wildman–Crippen MR) is 120 cm³/mol. The van der Waals surface area contributed by atoms with Crippen LogP contribution < -0.4 is 15.0 Å². The van der Waals surface area contributed by atoms with E-state index in [9.17, 15) is 9.59 Å². The molecule has 30 heavy (non-hydrogen) atoms. The molecule has 4 rings (SSSR count). The van der Waals surface area contributed by atoms with Crippen LogP contribution in [0.3, 0.4) is 0 Å². The van der Waals surface area contributed by atoms with Crippen molar-refractivity contribution in [2.45, 2.75) is 20.8 Å². The number of aryl methyl sites for hydroxylation is 3. The third-order valence-corrected chi connectivity index (χ3v) is 5.96. The maximum atomic E-state index is 12.7. The number of aromatic nitrogens is 1. The zero-order chi connectivity index (χ0) is 21.4. The SMILES string of the molecule is Cc1nc(-c2ccc3c(c2)N(CC(=O)Nc2ccc(Cl)cc2C)C(=O)CO3)c(C)s1. The lowest BCUT2D eigenvalue weighted by atomic mass is 10.1. The quantitative estimate of drug-likeness (QED) is 0.634. The highest BCUT2D eigenvalue weighted by atomic mass is 35.5. The summed E-state index contributed by atoms with van der Waals surface area (Å²) in [4.78, 5) is 32.4. The normalized spacial score (nSPS) is 13.1. The Bertz CT molecular complexity index is 1160. The highest BCUT2D eigenvalue weighted by Crippen LogP contribution is 2.37. The molecule has 1 aliphatic rings. The van der Waals surface area contributed by atoms with Crippen LogP contribution >= 0.6 is 22.9 Å². The van der Waals surface area contributed by atoms with Crippen LogP contribution in [0.4, 0.5) is 11.4 Å². The van der Waals surface area contributed by atoms with E-state index in [1.54, 1.807) is 29.5 Å². The molecule has 0 bridgehead atoms. The lowest BCUT2D eigenvalue weighted by Crippen LogP contribution is -2.43. The van der Waals surface area contributed by atoms with Crippen LogP contribution in [0.15, 0.2) is 36.4 Å². The highest BCUT2D eigenvalue weighted by Gasteiger charge is 2.28. The minimum Gasteiger partial charge on any atom is -0.482 e. The molecule has 6 nitrogen and oxygen atoms in total. The van der Waals surface area contributed by atoms with Gasteiger partial charge in [-0.2, -0.15) is 0 Å². The van der Waals surface area contributed by atoms with Gasteiger partial charge in [-0.25, -0.2) is 4.98 Å². The molecule has 0 saturated heterocycles. The first kappa shape index (κ1) is 20.4. The number of nitrogens with one attached hydrogen (secondary N) is 1. The number of thiazole rings is 1. The van der Waals surface area contributed by atoms with Gasteiger partial charge in [-0.15, -0.1) is 11.3 Å². The lowest BCUT2D eigenvalue weighted by Gasteiger charge is -2.29. The Morgan fingerprint density at radius 1 is 1.23 bits per heavy atom. The maximum Gasteiger partial charge on any atom is 0.265 e. The van der Waals surface area contributed by atoms with Crippen LogP contribution in [0, 0.1) is 20.8 Å². The fourth-order valence-corrected chi connectivity index (χ4v) is 4.49. The first-order chi connectivity index (χ1) is 14.3. The van der Waals surface area contributed by atoms with Gasteiger partial charge in [0.2, 0.25) is 5.91 Å². The van der Waals surface area contributed by atoms with Crippen molar-refractivity contribution >= 4 is 46.1 Å². The van der Waals surface area contributed by atoms with Gasteiger partial charge in [0.15, 0.2) is 6.61 Å². The number of anilines is 2. The van der Waals surface area contributed by atoms with Gasteiger partial charge >= 0.3 is 0 Å². The average molecular weight is 442 g/mol. The zero-order valence-corrected chi connectivity index (χ0v) is 18.4. The standard InChI is InChI=1S/C22H20ClN3O3S/c1-12-8-16(23)5-6-17(12)25-20(27)10-26-18-9-15(22-13(2)30-14(3)24-22)4-7-19(18)29-11-21(26)28/h4-9H,10-11H2,1-3H3,(H,25,27). The number of carbonyl (C=O) groups excluding carboxylic acids is 2. The summed E-state index contributed by atoms with van der Waals surface area (Å²) in [5.74, 6) is -0.0000507. The summed E-state index contributed by atoms with van der Waals surface area (Å²) in [6.07, 6.45) is 0. The highest BCUT2D eigenvalue weighted by molar-refractivity contribution is 7.11. The second-order valence-corrected chi connectivity index (χ2v) is 8.94. The van der Waals surface area contributed by atoms with Crippen LogP contribution in [0.2, 0.25) is 5.02 Å². The van der Waals surface area contributed by atoms with Crippen LogP contribution in [0.25, 0.3) is 11.3 Å². The minimum absolute atomic E-state index is 0.103. The van der Waals surface area contributed by atoms with Crippen molar-refractivity contribution in [2.75, 3.05) is 23.4 Å². The van der Waals surface area contributed by atoms with Crippen molar-refractivity contribution in [3.05, 3.63) is 56.9 Å². The van der Waals surface area contributed by atoms with Gasteiger partial charge in [-0.3, -0.25) is 14.5 Å². The summed E-state index contributed by atoms with van der Waals surface area (Å²) < 4.78 is 5.57. The van der Waals surface area contributed by atoms with Gasteiger partial charge in [0.05, 0.1) is 16.4 Å². The largest absolute Gasteiger partial charge is 0.482 e. The van der Waals surface area contributed by atoms with E-state index in [2.05, 4.69) is 10.3 Å². The number of halogens is 1. The molecule has 154 valence electrons. The van der Waals surface area contributed by atoms with Crippen LogP contribution in [0.1, 0.15) is 15.4 Å². The molecule has 2 heterocycles. The van der Waals surface area contributed by atoms with Gasteiger partial charge in [0.25, 0.3) is 5.91 Å². The van der Waals surface area contributed by atoms with E-state index in [0.29, 0.717) is 22.1 Å². The minimum atomic E-state index is -0.298. The molecule has 0 radical (unpaired) electrons. The summed E-state index contributed by atoms with van der Waals surface area (Å²) in [6.45, 7) is 5.62. The van der Waals surface area contributed by atoms with Crippen LogP contribution in [0.5, 0.6) is 5.75 Å². The second kappa shape index (κ2) is 8.08. The Balaban J connectivity index is 1.61. The van der Waals surface area contributed by atoms with Crippen molar-refractivity contribution in [2.24, 2.45) is 0 Å². The molecule has 8 heteroatoms. The number of amides is 2. The lowest BCUT2D eigenvalue weighted by molar-refractivity contribution is -0.123. The van der Waals surface area contributed by atoms with Crippen molar-refractivity contribution in [1.29, 1.82) is 0 Å². The summed E-state index contributed by atoms with van der Waals surface area (Å²) in [6, 6.07) is 10.8. The number of carbonyl (C=O) groups is 2. The summed E-state index contributed by atoms with van der Waals surface area (Å²) >= 11 is 7.60. The summed E-state index contributed by atoms with van der Waals surface area (Å²) in [7, 11) is 0. The van der Waals surface area contributed by atoms with Gasteiger partial charge in [0.1, 0.15) is 12.3 Å². The van der Waals surface area contributed by atoms with Crippen molar-refractivity contribution < 1.29 is 14.3 Å². The first-order valence-electron chi connectivity index (χ1n) is 9.39. The summed E-state index contributed by atoms with van der Waals surface area (Å²) in [5, 5.41) is 4.43. The molecule has 1 aromatic heterocycles. The molecule has 0 unspecified atom stereocenters. The van der Waals surface area contributed by atoms with E-state index in [1.807, 2.05) is 39.0 Å². The third kappa shape index (κ3) is 4.04. The molecule has 3 aromatic rings. The first-order valence-corrected chi connectivity index (χ1v) is 10.6. The van der Waals surface area contributed by atoms with Crippen molar-refractivity contribution in [1.82, 2.24) is 4.98 Å². The number of nitrogens with zero attached hydrogens (tertiary/aromatic N) is 2. The topological polar surface area (TPSA) is 71.5 Å². The smallest absolute Gasteiger partial charge is 0.265 e. The zero-order valence-electron chi connectivity index (χ0n) is 16.8. The van der Waals surface area contributed by atoms with Gasteiger partial charge < -0.3 is 10.1 Å². The molecule has 1 aliphatic heterocycles. The van der Waals surface area contributed by atoms with E-state index in [1.165, 1.54) is 4.90 Å². The number of hydrogen-bond donors (Lipinski definition) is 1. The van der Waals surface area contributed by atoms with E-state index in [0.717, 1.165) is 26.7 Å². The molecule has 0 saturated carbocycles. The Hall–Kier alpha value is -2.90. The van der Waals surface area contributed by atoms with Gasteiger partial charge in [-0.05, 0) is 62.7 Å². The number of hydrogen-bond acceptors (Lipinski definition) is 5. The average Bonchev–Trinajstić information content (AvgIpc) is 3.04. The second-order valence-electron chi connectivity index (χ2n) is 7.10. The Labute approximate surface area is 183 Å². The molecule has 0 spiro atoms. The fourth-order valence-electron chi connectivity index (χ4n) is 3.42.